The number of rotatable bonds is 6. The molecule has 1 saturated heterocycles. The Morgan fingerprint density at radius 3 is 2.70 bits per heavy atom. The lowest BCUT2D eigenvalue weighted by Gasteiger charge is -2.30. The average Bonchev–Trinajstić information content (AvgIpc) is 2.54. The van der Waals surface area contributed by atoms with Crippen LogP contribution in [0.5, 0.6) is 5.75 Å². The van der Waals surface area contributed by atoms with Crippen LogP contribution >= 0.6 is 0 Å². The molecule has 8 heteroatoms. The van der Waals surface area contributed by atoms with Crippen LogP contribution < -0.4 is 10.1 Å². The molecule has 1 unspecified atom stereocenters. The van der Waals surface area contributed by atoms with E-state index in [0.29, 0.717) is 31.0 Å². The normalized spacial score (nSPS) is 19.3. The highest BCUT2D eigenvalue weighted by Gasteiger charge is 2.27. The molecule has 0 bridgehead atoms. The fourth-order valence-electron chi connectivity index (χ4n) is 2.31. The van der Waals surface area contributed by atoms with Crippen LogP contribution in [-0.4, -0.2) is 63.8 Å². The first-order valence-electron chi connectivity index (χ1n) is 7.44. The summed E-state index contributed by atoms with van der Waals surface area (Å²) in [5.74, 6) is 0.227. The molecule has 1 aromatic rings. The van der Waals surface area contributed by atoms with Gasteiger partial charge < -0.3 is 14.8 Å². The Kier molecular flexibility index (Phi) is 5.97. The second kappa shape index (κ2) is 7.76. The van der Waals surface area contributed by atoms with E-state index in [1.165, 1.54) is 4.31 Å². The molecule has 0 aliphatic carbocycles. The highest BCUT2D eigenvalue weighted by atomic mass is 32.2. The highest BCUT2D eigenvalue weighted by molar-refractivity contribution is 7.89. The van der Waals surface area contributed by atoms with Gasteiger partial charge in [-0.15, -0.1) is 0 Å². The first-order valence-corrected chi connectivity index (χ1v) is 9.05. The number of morpholine rings is 1. The maximum Gasteiger partial charge on any atom is 0.251 e. The molecule has 1 aromatic carbocycles. The number of sulfonamides is 1. The van der Waals surface area contributed by atoms with Crippen LogP contribution in [0.25, 0.3) is 0 Å². The molecule has 0 aromatic heterocycles. The Hall–Kier alpha value is -1.64. The Labute approximate surface area is 136 Å². The van der Waals surface area contributed by atoms with E-state index in [2.05, 4.69) is 5.32 Å². The van der Waals surface area contributed by atoms with Crippen molar-refractivity contribution in [3.05, 3.63) is 29.8 Å². The van der Waals surface area contributed by atoms with Gasteiger partial charge in [0.2, 0.25) is 10.0 Å². The van der Waals surface area contributed by atoms with Crippen LogP contribution in [0.1, 0.15) is 17.3 Å². The number of carbonyl (C=O) groups excluding carboxylic acids is 1. The molecule has 23 heavy (non-hydrogen) atoms. The van der Waals surface area contributed by atoms with Crippen molar-refractivity contribution in [2.24, 2.45) is 0 Å². The lowest BCUT2D eigenvalue weighted by Crippen LogP contribution is -2.46. The van der Waals surface area contributed by atoms with E-state index in [1.807, 2.05) is 6.92 Å². The summed E-state index contributed by atoms with van der Waals surface area (Å²) in [4.78, 5) is 12.0. The summed E-state index contributed by atoms with van der Waals surface area (Å²) in [6.45, 7) is 3.03. The molecule has 0 saturated carbocycles. The van der Waals surface area contributed by atoms with Gasteiger partial charge in [-0.3, -0.25) is 4.79 Å². The number of nitrogens with one attached hydrogen (secondary N) is 1. The molecule has 0 radical (unpaired) electrons. The van der Waals surface area contributed by atoms with Crippen molar-refractivity contribution in [2.75, 3.05) is 39.1 Å². The Bertz CT molecular complexity index is 630. The third kappa shape index (κ3) is 4.92. The molecule has 128 valence electrons. The maximum absolute atomic E-state index is 12.2. The molecule has 1 atom stereocenters. The van der Waals surface area contributed by atoms with E-state index >= 15 is 0 Å². The number of nitrogens with zero attached hydrogens (tertiary/aromatic N) is 1. The molecule has 1 heterocycles. The van der Waals surface area contributed by atoms with Crippen molar-refractivity contribution >= 4 is 15.9 Å². The molecule has 1 N–H and O–H groups in total. The SMILES string of the molecule is COc1ccc(C(=O)NCCS(=O)(=O)N2CCOC(C)C2)cc1. The Balaban J connectivity index is 1.84. The largest absolute Gasteiger partial charge is 0.497 e. The lowest BCUT2D eigenvalue weighted by atomic mass is 10.2. The van der Waals surface area contributed by atoms with Crippen molar-refractivity contribution < 1.29 is 22.7 Å². The van der Waals surface area contributed by atoms with Gasteiger partial charge in [-0.05, 0) is 31.2 Å². The first kappa shape index (κ1) is 17.7. The van der Waals surface area contributed by atoms with Crippen molar-refractivity contribution in [1.82, 2.24) is 9.62 Å². The summed E-state index contributed by atoms with van der Waals surface area (Å²) in [5, 5.41) is 2.63. The molecule has 1 aliphatic heterocycles. The number of hydrogen-bond donors (Lipinski definition) is 1. The third-order valence-electron chi connectivity index (χ3n) is 3.59. The second-order valence-corrected chi connectivity index (χ2v) is 7.43. The summed E-state index contributed by atoms with van der Waals surface area (Å²) in [6.07, 6.45) is -0.104. The van der Waals surface area contributed by atoms with Crippen LogP contribution in [-0.2, 0) is 14.8 Å². The van der Waals surface area contributed by atoms with E-state index in [0.717, 1.165) is 0 Å². The first-order chi connectivity index (χ1) is 10.9. The van der Waals surface area contributed by atoms with Gasteiger partial charge >= 0.3 is 0 Å². The average molecular weight is 342 g/mol. The lowest BCUT2D eigenvalue weighted by molar-refractivity contribution is 0.0102. The minimum Gasteiger partial charge on any atom is -0.497 e. The van der Waals surface area contributed by atoms with Crippen LogP contribution in [0.3, 0.4) is 0 Å². The molecule has 2 rings (SSSR count). The van der Waals surface area contributed by atoms with Crippen molar-refractivity contribution in [2.45, 2.75) is 13.0 Å². The Morgan fingerprint density at radius 2 is 2.09 bits per heavy atom. The standard InChI is InChI=1S/C15H22N2O5S/c1-12-11-17(8-9-22-12)23(19,20)10-7-16-15(18)13-3-5-14(21-2)6-4-13/h3-6,12H,7-11H2,1-2H3,(H,16,18). The fourth-order valence-corrected chi connectivity index (χ4v) is 3.71. The summed E-state index contributed by atoms with van der Waals surface area (Å²) in [6, 6.07) is 6.63. The van der Waals surface area contributed by atoms with Gasteiger partial charge in [0.05, 0.1) is 25.6 Å². The number of hydrogen-bond acceptors (Lipinski definition) is 5. The van der Waals surface area contributed by atoms with E-state index in [-0.39, 0.29) is 24.3 Å². The highest BCUT2D eigenvalue weighted by Crippen LogP contribution is 2.12. The zero-order valence-corrected chi connectivity index (χ0v) is 14.1. The third-order valence-corrected chi connectivity index (χ3v) is 5.43. The summed E-state index contributed by atoms with van der Waals surface area (Å²) >= 11 is 0. The quantitative estimate of drug-likeness (QED) is 0.813. The van der Waals surface area contributed by atoms with E-state index in [9.17, 15) is 13.2 Å². The van der Waals surface area contributed by atoms with Crippen LogP contribution in [0.4, 0.5) is 0 Å². The minimum atomic E-state index is -3.39. The van der Waals surface area contributed by atoms with E-state index in [1.54, 1.807) is 31.4 Å². The predicted molar refractivity (Wildman–Crippen MR) is 86.1 cm³/mol. The monoisotopic (exact) mass is 342 g/mol. The number of carbonyl (C=O) groups is 1. The number of benzene rings is 1. The van der Waals surface area contributed by atoms with Crippen LogP contribution in [0.15, 0.2) is 24.3 Å². The smallest absolute Gasteiger partial charge is 0.251 e. The van der Waals surface area contributed by atoms with Gasteiger partial charge in [0, 0.05) is 25.2 Å². The van der Waals surface area contributed by atoms with Gasteiger partial charge in [0.1, 0.15) is 5.75 Å². The Morgan fingerprint density at radius 1 is 1.39 bits per heavy atom. The van der Waals surface area contributed by atoms with Crippen LogP contribution in [0, 0.1) is 0 Å². The van der Waals surface area contributed by atoms with Gasteiger partial charge in [0.15, 0.2) is 0 Å². The van der Waals surface area contributed by atoms with Crippen molar-refractivity contribution in [1.29, 1.82) is 0 Å². The fraction of sp³-hybridized carbons (Fsp3) is 0.533. The van der Waals surface area contributed by atoms with Crippen molar-refractivity contribution in [3.8, 4) is 5.75 Å². The predicted octanol–water partition coefficient (Wildman–Crippen LogP) is 0.476. The van der Waals surface area contributed by atoms with Gasteiger partial charge in [-0.2, -0.15) is 4.31 Å². The molecule has 1 fully saturated rings. The number of methoxy groups -OCH3 is 1. The molecule has 7 nitrogen and oxygen atoms in total. The van der Waals surface area contributed by atoms with Gasteiger partial charge in [-0.25, -0.2) is 8.42 Å². The van der Waals surface area contributed by atoms with E-state index in [4.69, 9.17) is 9.47 Å². The zero-order valence-electron chi connectivity index (χ0n) is 13.3. The molecule has 0 spiro atoms. The zero-order chi connectivity index (χ0) is 16.9. The summed E-state index contributed by atoms with van der Waals surface area (Å²) in [7, 11) is -1.84. The van der Waals surface area contributed by atoms with E-state index < -0.39 is 10.0 Å². The number of ether oxygens (including phenoxy) is 2. The molecular formula is C15H22N2O5S. The minimum absolute atomic E-state index is 0.0684. The molecule has 1 aliphatic rings. The van der Waals surface area contributed by atoms with Crippen LogP contribution in [0.2, 0.25) is 0 Å². The molecule has 1 amide bonds. The van der Waals surface area contributed by atoms with Gasteiger partial charge in [0.25, 0.3) is 5.91 Å². The number of amides is 1. The topological polar surface area (TPSA) is 84.9 Å². The second-order valence-electron chi connectivity index (χ2n) is 5.34. The summed E-state index contributed by atoms with van der Waals surface area (Å²) < 4.78 is 36.2. The maximum atomic E-state index is 12.2. The van der Waals surface area contributed by atoms with Gasteiger partial charge in [-0.1, -0.05) is 0 Å². The van der Waals surface area contributed by atoms with Crippen molar-refractivity contribution in [3.63, 3.8) is 0 Å². The summed E-state index contributed by atoms with van der Waals surface area (Å²) in [5.41, 5.74) is 0.461. The molecular weight excluding hydrogens is 320 g/mol.